The molecule has 12 heteroatoms. The largest absolute Gasteiger partial charge is 0.357 e. The second-order valence-electron chi connectivity index (χ2n) is 7.00. The minimum absolute atomic E-state index is 0.478. The third-order valence-electron chi connectivity index (χ3n) is 4.89. The third-order valence-corrected chi connectivity index (χ3v) is 4.89. The van der Waals surface area contributed by atoms with Gasteiger partial charge in [-0.05, 0) is 24.3 Å². The van der Waals surface area contributed by atoms with Gasteiger partial charge in [0.05, 0.1) is 0 Å². The number of nitrogens with one attached hydrogen (secondary N) is 3. The molecule has 5 aromatic heterocycles. The lowest BCUT2D eigenvalue weighted by Gasteiger charge is -2.09. The van der Waals surface area contributed by atoms with E-state index in [1.54, 1.807) is 7.05 Å². The first-order valence-corrected chi connectivity index (χ1v) is 10.3. The summed E-state index contributed by atoms with van der Waals surface area (Å²) in [6.07, 6.45) is 5.25. The molecule has 0 saturated carbocycles. The van der Waals surface area contributed by atoms with E-state index in [0.29, 0.717) is 43.8 Å². The zero-order chi connectivity index (χ0) is 21.8. The zero-order valence-electron chi connectivity index (χ0n) is 17.5. The quantitative estimate of drug-likeness (QED) is 0.314. The summed E-state index contributed by atoms with van der Waals surface area (Å²) in [6.45, 7) is 1.21. The van der Waals surface area contributed by atoms with Gasteiger partial charge in [0.15, 0.2) is 11.3 Å². The molecule has 0 spiro atoms. The topological polar surface area (TPSA) is 135 Å². The van der Waals surface area contributed by atoms with E-state index in [4.69, 9.17) is 0 Å². The summed E-state index contributed by atoms with van der Waals surface area (Å²) in [6, 6.07) is 11.6. The molecule has 0 aliphatic carbocycles. The highest BCUT2D eigenvalue weighted by molar-refractivity contribution is 5.42. The first kappa shape index (κ1) is 19.6. The highest BCUT2D eigenvalue weighted by Gasteiger charge is 2.09. The van der Waals surface area contributed by atoms with Crippen LogP contribution in [0, 0.1) is 0 Å². The van der Waals surface area contributed by atoms with Crippen molar-refractivity contribution < 1.29 is 0 Å². The van der Waals surface area contributed by atoms with E-state index in [-0.39, 0.29) is 0 Å². The molecular weight excluding hydrogens is 408 g/mol. The van der Waals surface area contributed by atoms with Gasteiger partial charge in [0, 0.05) is 45.4 Å². The van der Waals surface area contributed by atoms with Crippen molar-refractivity contribution in [3.63, 3.8) is 0 Å². The van der Waals surface area contributed by atoms with Crippen LogP contribution in [0.2, 0.25) is 0 Å². The second kappa shape index (κ2) is 8.79. The third kappa shape index (κ3) is 4.10. The fourth-order valence-corrected chi connectivity index (χ4v) is 3.34. The standard InChI is InChI=1S/C20H22N12/c1-21-18-24-19(22-10-8-16-29-27-14-6-2-4-12-31(14)16)26-20(25-18)23-11-9-17-30-28-15-7-3-5-13-32(15)17/h2-7,12-13H,8-11H2,1H3,(H3,21,22,23,24,25,26). The summed E-state index contributed by atoms with van der Waals surface area (Å²) in [5.74, 6) is 3.18. The minimum Gasteiger partial charge on any atom is -0.357 e. The molecule has 0 radical (unpaired) electrons. The molecule has 5 rings (SSSR count). The SMILES string of the molecule is CNc1nc(NCCc2nnc3ccccn23)nc(NCCc2nnc3ccccn23)n1. The summed E-state index contributed by atoms with van der Waals surface area (Å²) in [5.41, 5.74) is 1.65. The van der Waals surface area contributed by atoms with Crippen LogP contribution >= 0.6 is 0 Å². The van der Waals surface area contributed by atoms with Crippen molar-refractivity contribution in [2.24, 2.45) is 0 Å². The maximum atomic E-state index is 4.47. The van der Waals surface area contributed by atoms with Crippen molar-refractivity contribution in [1.29, 1.82) is 0 Å². The molecule has 5 heterocycles. The zero-order valence-corrected chi connectivity index (χ0v) is 17.5. The first-order valence-electron chi connectivity index (χ1n) is 10.3. The van der Waals surface area contributed by atoms with Crippen molar-refractivity contribution in [1.82, 2.24) is 44.1 Å². The number of nitrogens with zero attached hydrogens (tertiary/aromatic N) is 9. The Labute approximate surface area is 183 Å². The Balaban J connectivity index is 1.21. The predicted molar refractivity (Wildman–Crippen MR) is 120 cm³/mol. The highest BCUT2D eigenvalue weighted by Crippen LogP contribution is 2.10. The van der Waals surface area contributed by atoms with Crippen molar-refractivity contribution >= 4 is 29.1 Å². The molecule has 32 heavy (non-hydrogen) atoms. The van der Waals surface area contributed by atoms with Gasteiger partial charge in [-0.3, -0.25) is 8.80 Å². The van der Waals surface area contributed by atoms with Crippen LogP contribution < -0.4 is 16.0 Å². The molecule has 12 nitrogen and oxygen atoms in total. The smallest absolute Gasteiger partial charge is 0.229 e. The van der Waals surface area contributed by atoms with E-state index in [9.17, 15) is 0 Å². The number of anilines is 3. The van der Waals surface area contributed by atoms with Gasteiger partial charge in [0.1, 0.15) is 11.6 Å². The van der Waals surface area contributed by atoms with Crippen LogP contribution in [0.15, 0.2) is 48.8 Å². The molecule has 0 aliphatic rings. The highest BCUT2D eigenvalue weighted by atomic mass is 15.3. The molecule has 5 aromatic rings. The summed E-state index contributed by atoms with van der Waals surface area (Å²) in [7, 11) is 1.77. The van der Waals surface area contributed by atoms with Crippen molar-refractivity contribution in [3.05, 3.63) is 60.4 Å². The lowest BCUT2D eigenvalue weighted by Crippen LogP contribution is -2.15. The molecule has 0 aliphatic heterocycles. The van der Waals surface area contributed by atoms with E-state index in [1.807, 2.05) is 57.6 Å². The van der Waals surface area contributed by atoms with E-state index < -0.39 is 0 Å². The fourth-order valence-electron chi connectivity index (χ4n) is 3.34. The van der Waals surface area contributed by atoms with Crippen LogP contribution in [-0.4, -0.2) is 64.3 Å². The number of rotatable bonds is 9. The van der Waals surface area contributed by atoms with Crippen LogP contribution in [0.5, 0.6) is 0 Å². The number of pyridine rings is 2. The monoisotopic (exact) mass is 430 g/mol. The van der Waals surface area contributed by atoms with Crippen LogP contribution in [-0.2, 0) is 12.8 Å². The lowest BCUT2D eigenvalue weighted by molar-refractivity contribution is 0.852. The maximum absolute atomic E-state index is 4.47. The average molecular weight is 430 g/mol. The molecular formula is C20H22N12. The van der Waals surface area contributed by atoms with Gasteiger partial charge in [-0.1, -0.05) is 12.1 Å². The molecule has 0 aromatic carbocycles. The van der Waals surface area contributed by atoms with Gasteiger partial charge in [-0.15, -0.1) is 20.4 Å². The number of hydrogen-bond donors (Lipinski definition) is 3. The van der Waals surface area contributed by atoms with Gasteiger partial charge in [0.2, 0.25) is 17.8 Å². The summed E-state index contributed by atoms with van der Waals surface area (Å²) in [5, 5.41) is 26.3. The van der Waals surface area contributed by atoms with Crippen LogP contribution in [0.4, 0.5) is 17.8 Å². The normalized spacial score (nSPS) is 11.2. The maximum Gasteiger partial charge on any atom is 0.229 e. The van der Waals surface area contributed by atoms with E-state index in [2.05, 4.69) is 51.3 Å². The molecule has 0 atom stereocenters. The van der Waals surface area contributed by atoms with E-state index in [1.165, 1.54) is 0 Å². The van der Waals surface area contributed by atoms with Crippen molar-refractivity contribution in [2.45, 2.75) is 12.8 Å². The second-order valence-corrected chi connectivity index (χ2v) is 7.00. The molecule has 0 fully saturated rings. The Morgan fingerprint density at radius 3 is 1.66 bits per heavy atom. The van der Waals surface area contributed by atoms with Crippen molar-refractivity contribution in [2.75, 3.05) is 36.1 Å². The van der Waals surface area contributed by atoms with Gasteiger partial charge in [0.25, 0.3) is 0 Å². The Hall–Kier alpha value is -4.35. The Bertz CT molecular complexity index is 1240. The summed E-state index contributed by atoms with van der Waals surface area (Å²) < 4.78 is 3.94. The van der Waals surface area contributed by atoms with Crippen molar-refractivity contribution in [3.8, 4) is 0 Å². The minimum atomic E-state index is 0.478. The molecule has 0 saturated heterocycles. The number of hydrogen-bond acceptors (Lipinski definition) is 10. The summed E-state index contributed by atoms with van der Waals surface area (Å²) in [4.78, 5) is 13.2. The molecule has 3 N–H and O–H groups in total. The summed E-state index contributed by atoms with van der Waals surface area (Å²) >= 11 is 0. The lowest BCUT2D eigenvalue weighted by atomic mass is 10.4. The predicted octanol–water partition coefficient (Wildman–Crippen LogP) is 1.31. The Morgan fingerprint density at radius 2 is 1.16 bits per heavy atom. The average Bonchev–Trinajstić information content (AvgIpc) is 3.43. The van der Waals surface area contributed by atoms with Crippen LogP contribution in [0.1, 0.15) is 11.6 Å². The number of aromatic nitrogens is 9. The van der Waals surface area contributed by atoms with Gasteiger partial charge < -0.3 is 16.0 Å². The van der Waals surface area contributed by atoms with Gasteiger partial charge in [-0.2, -0.15) is 15.0 Å². The van der Waals surface area contributed by atoms with E-state index in [0.717, 1.165) is 22.9 Å². The van der Waals surface area contributed by atoms with Crippen LogP contribution in [0.3, 0.4) is 0 Å². The molecule has 0 amide bonds. The van der Waals surface area contributed by atoms with E-state index >= 15 is 0 Å². The molecule has 0 unspecified atom stereocenters. The molecule has 162 valence electrons. The van der Waals surface area contributed by atoms with Gasteiger partial charge in [-0.25, -0.2) is 0 Å². The number of fused-ring (bicyclic) bond motifs is 2. The Morgan fingerprint density at radius 1 is 0.656 bits per heavy atom. The van der Waals surface area contributed by atoms with Gasteiger partial charge >= 0.3 is 0 Å². The Kier molecular flexibility index (Phi) is 5.39. The molecule has 0 bridgehead atoms. The first-order chi connectivity index (χ1) is 15.8. The fraction of sp³-hybridized carbons (Fsp3) is 0.250. The van der Waals surface area contributed by atoms with Crippen LogP contribution in [0.25, 0.3) is 11.3 Å².